The summed E-state index contributed by atoms with van der Waals surface area (Å²) in [6.45, 7) is -0.384. The monoisotopic (exact) mass is 692 g/mol. The molecule has 0 aromatic heterocycles. The van der Waals surface area contributed by atoms with E-state index in [-0.39, 0.29) is 41.9 Å². The third-order valence-electron chi connectivity index (χ3n) is 10.3. The van der Waals surface area contributed by atoms with E-state index >= 15 is 0 Å². The van der Waals surface area contributed by atoms with Gasteiger partial charge in [0.1, 0.15) is 41.2 Å². The molecule has 1 saturated heterocycles. The number of primary amides is 1. The SMILES string of the molecule is CN(C)c1cc(NCc2ccccc2/C=C2\N[C@@H](CO)[C@@H](O)[C@@H](O)[C@H]2O)c(O)c2c1C[C@H]1C[C@H]3CC(=O)C(C(N)=O)=C(O)[C@@]3(O)C(=O)C1=C2O. The quantitative estimate of drug-likeness (QED) is 0.129. The summed E-state index contributed by atoms with van der Waals surface area (Å²) in [6, 6.07) is 7.83. The van der Waals surface area contributed by atoms with Crippen LogP contribution in [0.4, 0.5) is 11.4 Å². The molecule has 4 aliphatic rings. The van der Waals surface area contributed by atoms with Crippen LogP contribution in [0.3, 0.4) is 0 Å². The number of Topliss-reactive ketones (excluding diaryl/α,β-unsaturated/α-hetero) is 2. The van der Waals surface area contributed by atoms with Gasteiger partial charge in [0, 0.05) is 49.9 Å². The summed E-state index contributed by atoms with van der Waals surface area (Å²) in [5.41, 5.74) is 4.20. The van der Waals surface area contributed by atoms with Crippen molar-refractivity contribution in [3.8, 4) is 5.75 Å². The molecule has 1 saturated carbocycles. The van der Waals surface area contributed by atoms with E-state index in [4.69, 9.17) is 5.73 Å². The van der Waals surface area contributed by atoms with Gasteiger partial charge in [-0.2, -0.15) is 0 Å². The maximum Gasteiger partial charge on any atom is 0.255 e. The number of piperidine rings is 1. The van der Waals surface area contributed by atoms with Gasteiger partial charge in [-0.1, -0.05) is 24.3 Å². The molecular formula is C35H40N4O11. The lowest BCUT2D eigenvalue weighted by molar-refractivity contribution is -0.147. The number of benzene rings is 2. The van der Waals surface area contributed by atoms with E-state index in [0.717, 1.165) is 0 Å². The van der Waals surface area contributed by atoms with Crippen molar-refractivity contribution < 1.29 is 55.2 Å². The maximum atomic E-state index is 13.9. The summed E-state index contributed by atoms with van der Waals surface area (Å²) in [6.07, 6.45) is -3.04. The molecule has 6 rings (SSSR count). The van der Waals surface area contributed by atoms with E-state index in [1.165, 1.54) is 0 Å². The Morgan fingerprint density at radius 1 is 1.10 bits per heavy atom. The molecule has 15 nitrogen and oxygen atoms in total. The highest BCUT2D eigenvalue weighted by molar-refractivity contribution is 6.22. The number of aliphatic hydroxyl groups excluding tert-OH is 6. The van der Waals surface area contributed by atoms with Gasteiger partial charge in [-0.3, -0.25) is 14.4 Å². The lowest BCUT2D eigenvalue weighted by atomic mass is 9.59. The van der Waals surface area contributed by atoms with Gasteiger partial charge >= 0.3 is 0 Å². The molecule has 1 heterocycles. The van der Waals surface area contributed by atoms with Crippen molar-refractivity contribution in [1.29, 1.82) is 0 Å². The smallest absolute Gasteiger partial charge is 0.255 e. The van der Waals surface area contributed by atoms with Gasteiger partial charge < -0.3 is 62.1 Å². The van der Waals surface area contributed by atoms with Gasteiger partial charge in [0.15, 0.2) is 11.4 Å². The third kappa shape index (κ3) is 5.38. The van der Waals surface area contributed by atoms with Crippen LogP contribution in [0.15, 0.2) is 52.9 Å². The normalized spacial score (nSPS) is 30.0. The number of nitrogens with one attached hydrogen (secondary N) is 2. The van der Waals surface area contributed by atoms with Crippen LogP contribution in [0.2, 0.25) is 0 Å². The number of phenolic OH excluding ortho intramolecular Hbond substituents is 1. The number of hydrogen-bond acceptors (Lipinski definition) is 14. The zero-order chi connectivity index (χ0) is 36.4. The molecule has 15 heteroatoms. The number of aliphatic hydroxyl groups is 7. The van der Waals surface area contributed by atoms with Crippen LogP contribution in [0.1, 0.15) is 35.1 Å². The number of amides is 1. The van der Waals surface area contributed by atoms with Crippen molar-refractivity contribution in [3.63, 3.8) is 0 Å². The van der Waals surface area contributed by atoms with Crippen LogP contribution in [0.25, 0.3) is 11.8 Å². The number of nitrogens with zero attached hydrogens (tertiary/aromatic N) is 1. The van der Waals surface area contributed by atoms with Crippen molar-refractivity contribution in [2.24, 2.45) is 17.6 Å². The summed E-state index contributed by atoms with van der Waals surface area (Å²) in [4.78, 5) is 40.3. The number of rotatable bonds is 7. The molecule has 266 valence electrons. The van der Waals surface area contributed by atoms with E-state index in [0.29, 0.717) is 22.4 Å². The van der Waals surface area contributed by atoms with Crippen molar-refractivity contribution in [2.75, 3.05) is 30.9 Å². The van der Waals surface area contributed by atoms with Crippen molar-refractivity contribution in [1.82, 2.24) is 5.32 Å². The Hall–Kier alpha value is -4.93. The first-order valence-corrected chi connectivity index (χ1v) is 16.1. The first-order chi connectivity index (χ1) is 23.6. The molecule has 3 aliphatic carbocycles. The first-order valence-electron chi connectivity index (χ1n) is 16.1. The average Bonchev–Trinajstić information content (AvgIpc) is 3.06. The van der Waals surface area contributed by atoms with Gasteiger partial charge in [0.2, 0.25) is 5.78 Å². The Kier molecular flexibility index (Phi) is 8.90. The average molecular weight is 693 g/mol. The van der Waals surface area contributed by atoms with Crippen LogP contribution in [0.5, 0.6) is 5.75 Å². The molecule has 2 aromatic carbocycles. The van der Waals surface area contributed by atoms with Crippen LogP contribution >= 0.6 is 0 Å². The largest absolute Gasteiger partial charge is 0.508 e. The Morgan fingerprint density at radius 3 is 2.46 bits per heavy atom. The highest BCUT2D eigenvalue weighted by Gasteiger charge is 2.60. The minimum absolute atomic E-state index is 0.0153. The number of anilines is 2. The lowest BCUT2D eigenvalue weighted by Crippen LogP contribution is -2.59. The van der Waals surface area contributed by atoms with E-state index in [2.05, 4.69) is 10.6 Å². The molecule has 1 amide bonds. The summed E-state index contributed by atoms with van der Waals surface area (Å²) >= 11 is 0. The lowest BCUT2D eigenvalue weighted by Gasteiger charge is -2.46. The number of nitrogens with two attached hydrogens (primary N) is 1. The molecule has 50 heavy (non-hydrogen) atoms. The summed E-state index contributed by atoms with van der Waals surface area (Å²) in [5, 5.41) is 92.4. The van der Waals surface area contributed by atoms with Gasteiger partial charge in [-0.05, 0) is 47.6 Å². The molecule has 2 fully saturated rings. The molecular weight excluding hydrogens is 652 g/mol. The Morgan fingerprint density at radius 2 is 1.80 bits per heavy atom. The fourth-order valence-corrected chi connectivity index (χ4v) is 7.67. The summed E-state index contributed by atoms with van der Waals surface area (Å²) < 4.78 is 0. The minimum atomic E-state index is -2.67. The molecule has 0 spiro atoms. The Labute approximate surface area is 286 Å². The number of fused-ring (bicyclic) bond motifs is 3. The Balaban J connectivity index is 1.38. The van der Waals surface area contributed by atoms with Crippen molar-refractivity contribution >= 4 is 40.7 Å². The fourth-order valence-electron chi connectivity index (χ4n) is 7.67. The standard InChI is InChI=1S/C35H40N4O11/c1-39(2)22-11-19(37-12-15-6-4-3-5-14(15)9-20-28(43)31(46)29(44)21(13-40)38-20)27(42)25-18(22)8-16-7-17-10-23(41)26(34(36)49)33(48)35(17,50)32(47)24(16)30(25)45/h3-6,9,11,16-17,21,28-29,31,37-38,40,42-46,48,50H,7-8,10,12-13H2,1-2H3,(H2,36,49)/b20-9-/t16-,17+,21+,28+,29-,31+,35+/m1/s1. The molecule has 0 bridgehead atoms. The first kappa shape index (κ1) is 34.9. The van der Waals surface area contributed by atoms with Gasteiger partial charge in [-0.25, -0.2) is 0 Å². The zero-order valence-electron chi connectivity index (χ0n) is 27.3. The number of carbonyl (C=O) groups excluding carboxylic acids is 3. The van der Waals surface area contributed by atoms with E-state index in [1.807, 2.05) is 0 Å². The topological polar surface area (TPSA) is 266 Å². The second kappa shape index (κ2) is 12.8. The predicted molar refractivity (Wildman–Crippen MR) is 179 cm³/mol. The third-order valence-corrected chi connectivity index (χ3v) is 10.3. The molecule has 2 aromatic rings. The Bertz CT molecular complexity index is 1880. The molecule has 0 radical (unpaired) electrons. The molecule has 7 atom stereocenters. The number of carbonyl (C=O) groups is 3. The second-order valence-corrected chi connectivity index (χ2v) is 13.5. The predicted octanol–water partition coefficient (Wildman–Crippen LogP) is -0.510. The van der Waals surface area contributed by atoms with Crippen molar-refractivity contribution in [3.05, 3.63) is 75.2 Å². The fraction of sp³-hybridized carbons (Fsp3) is 0.400. The van der Waals surface area contributed by atoms with Gasteiger partial charge in [-0.15, -0.1) is 0 Å². The molecule has 12 N–H and O–H groups in total. The number of aromatic hydroxyl groups is 1. The summed E-state index contributed by atoms with van der Waals surface area (Å²) in [5.74, 6) is -7.06. The highest BCUT2D eigenvalue weighted by atomic mass is 16.4. The maximum absolute atomic E-state index is 13.9. The van der Waals surface area contributed by atoms with Crippen LogP contribution < -0.4 is 21.3 Å². The van der Waals surface area contributed by atoms with E-state index in [1.54, 1.807) is 55.4 Å². The number of hydrogen-bond donors (Lipinski definition) is 11. The second-order valence-electron chi connectivity index (χ2n) is 13.5. The van der Waals surface area contributed by atoms with Crippen LogP contribution in [-0.2, 0) is 27.3 Å². The molecule has 0 unspecified atom stereocenters. The van der Waals surface area contributed by atoms with Crippen LogP contribution in [0, 0.1) is 11.8 Å². The summed E-state index contributed by atoms with van der Waals surface area (Å²) in [7, 11) is 3.53. The molecule has 1 aliphatic heterocycles. The van der Waals surface area contributed by atoms with Crippen LogP contribution in [-0.4, -0.2) is 109 Å². The minimum Gasteiger partial charge on any atom is -0.508 e. The number of ketones is 2. The van der Waals surface area contributed by atoms with Gasteiger partial charge in [0.05, 0.1) is 23.9 Å². The zero-order valence-corrected chi connectivity index (χ0v) is 27.3. The van der Waals surface area contributed by atoms with E-state index < -0.39 is 95.1 Å². The van der Waals surface area contributed by atoms with Gasteiger partial charge in [0.25, 0.3) is 5.91 Å². The highest BCUT2D eigenvalue weighted by Crippen LogP contribution is 2.54. The van der Waals surface area contributed by atoms with E-state index in [9.17, 15) is 55.2 Å². The van der Waals surface area contributed by atoms with Crippen molar-refractivity contribution in [2.45, 2.75) is 55.8 Å². The number of phenols is 1.